The largest absolute Gasteiger partial charge is 0.386 e. The number of aromatic nitrogens is 1. The normalized spacial score (nSPS) is 17.9. The number of nitrogens with zero attached hydrogens (tertiary/aromatic N) is 1. The van der Waals surface area contributed by atoms with E-state index in [0.29, 0.717) is 23.1 Å². The van der Waals surface area contributed by atoms with Crippen LogP contribution in [0.25, 0.3) is 10.4 Å². The Morgan fingerprint density at radius 2 is 2.03 bits per heavy atom. The summed E-state index contributed by atoms with van der Waals surface area (Å²) in [6.07, 6.45) is 0.918. The van der Waals surface area contributed by atoms with Gasteiger partial charge in [0.2, 0.25) is 0 Å². The second-order valence-corrected chi connectivity index (χ2v) is 10.2. The second kappa shape index (κ2) is 10.6. The van der Waals surface area contributed by atoms with Gasteiger partial charge in [-0.25, -0.2) is 13.8 Å². The molecule has 1 fully saturated rings. The number of nitrogens with one attached hydrogen (secondary N) is 2. The molecule has 36 heavy (non-hydrogen) atoms. The van der Waals surface area contributed by atoms with Crippen LogP contribution in [0.15, 0.2) is 36.4 Å². The molecule has 11 heteroatoms. The Hall–Kier alpha value is -2.96. The number of ether oxygens (including phenoxy) is 1. The van der Waals surface area contributed by atoms with E-state index in [-0.39, 0.29) is 40.3 Å². The van der Waals surface area contributed by atoms with Gasteiger partial charge in [0.15, 0.2) is 0 Å². The Morgan fingerprint density at radius 1 is 1.31 bits per heavy atom. The number of hydroxylamine groups is 1. The number of aliphatic hydroxyl groups is 1. The number of amides is 1. The number of hydrogen-bond acceptors (Lipinski definition) is 8. The monoisotopic (exact) mass is 518 g/mol. The van der Waals surface area contributed by atoms with Gasteiger partial charge in [-0.1, -0.05) is 6.07 Å². The molecule has 1 aliphatic rings. The van der Waals surface area contributed by atoms with Crippen LogP contribution in [0.5, 0.6) is 0 Å². The zero-order valence-electron chi connectivity index (χ0n) is 20.1. The average molecular weight is 519 g/mol. The molecule has 8 nitrogen and oxygen atoms in total. The third-order valence-corrected chi connectivity index (χ3v) is 6.94. The first-order valence-electron chi connectivity index (χ1n) is 11.4. The van der Waals surface area contributed by atoms with E-state index in [1.165, 1.54) is 19.9 Å². The third kappa shape index (κ3) is 5.88. The van der Waals surface area contributed by atoms with Crippen molar-refractivity contribution in [2.24, 2.45) is 5.73 Å². The number of rotatable bonds is 9. The summed E-state index contributed by atoms with van der Waals surface area (Å²) in [4.78, 5) is 22.3. The minimum absolute atomic E-state index is 0.0622. The Bertz CT molecular complexity index is 1240. The van der Waals surface area contributed by atoms with E-state index >= 15 is 0 Å². The molecule has 0 spiro atoms. The van der Waals surface area contributed by atoms with E-state index in [9.17, 15) is 18.7 Å². The van der Waals surface area contributed by atoms with E-state index in [2.05, 4.69) is 15.8 Å². The number of halogens is 2. The molecule has 1 aliphatic heterocycles. The Kier molecular flexibility index (Phi) is 7.67. The summed E-state index contributed by atoms with van der Waals surface area (Å²) in [7, 11) is 0. The molecule has 2 atom stereocenters. The molecule has 2 aromatic heterocycles. The molecular formula is C25H28F2N4O4S. The van der Waals surface area contributed by atoms with Crippen molar-refractivity contribution in [1.29, 1.82) is 0 Å². The molecule has 2 unspecified atom stereocenters. The highest BCUT2D eigenvalue weighted by Gasteiger charge is 2.25. The number of pyridine rings is 1. The molecule has 0 aliphatic carbocycles. The van der Waals surface area contributed by atoms with E-state index in [1.807, 2.05) is 6.92 Å². The van der Waals surface area contributed by atoms with Crippen LogP contribution in [0.2, 0.25) is 0 Å². The number of hydrogen-bond donors (Lipinski definition) is 4. The molecule has 1 aromatic carbocycles. The zero-order valence-corrected chi connectivity index (χ0v) is 20.9. The van der Waals surface area contributed by atoms with Gasteiger partial charge in [-0.2, -0.15) is 5.48 Å². The van der Waals surface area contributed by atoms with Crippen LogP contribution in [-0.2, 0) is 21.8 Å². The average Bonchev–Trinajstić information content (AvgIpc) is 3.39. The fourth-order valence-corrected chi connectivity index (χ4v) is 4.93. The standard InChI is InChI=1S/C25H28F2N4O4S/c1-13-19(7-8-34-13)31-35-12-15-5-4-6-21(29-15)30-24-16(23(28)32)11-20(36-24)22-17(26)9-14(10-18(22)27)25(2,3)33/h4-6,9-11,13,19,31,33H,7-8,12H2,1-3H3,(H2,28,32)(H,29,30). The van der Waals surface area contributed by atoms with E-state index in [0.717, 1.165) is 29.9 Å². The minimum atomic E-state index is -1.42. The molecule has 0 radical (unpaired) electrons. The molecule has 0 bridgehead atoms. The second-order valence-electron chi connectivity index (χ2n) is 9.11. The molecular weight excluding hydrogens is 490 g/mol. The number of nitrogens with two attached hydrogens (primary N) is 1. The molecule has 0 saturated carbocycles. The zero-order chi connectivity index (χ0) is 26.0. The van der Waals surface area contributed by atoms with Gasteiger partial charge in [0.25, 0.3) is 5.91 Å². The first-order valence-corrected chi connectivity index (χ1v) is 12.2. The lowest BCUT2D eigenvalue weighted by Crippen LogP contribution is -2.34. The van der Waals surface area contributed by atoms with Gasteiger partial charge in [0, 0.05) is 11.5 Å². The van der Waals surface area contributed by atoms with Gasteiger partial charge in [0.1, 0.15) is 29.1 Å². The van der Waals surface area contributed by atoms with E-state index in [4.69, 9.17) is 15.3 Å². The quantitative estimate of drug-likeness (QED) is 0.311. The number of carbonyl (C=O) groups is 1. The van der Waals surface area contributed by atoms with Crippen LogP contribution >= 0.6 is 11.3 Å². The summed E-state index contributed by atoms with van der Waals surface area (Å²) in [5, 5.41) is 13.4. The lowest BCUT2D eigenvalue weighted by Gasteiger charge is -2.18. The van der Waals surface area contributed by atoms with Crippen LogP contribution in [-0.4, -0.2) is 34.8 Å². The number of thiophene rings is 1. The highest BCUT2D eigenvalue weighted by molar-refractivity contribution is 7.20. The van der Waals surface area contributed by atoms with Crippen molar-refractivity contribution in [3.63, 3.8) is 0 Å². The fourth-order valence-electron chi connectivity index (χ4n) is 3.81. The van der Waals surface area contributed by atoms with Gasteiger partial charge in [0.05, 0.1) is 34.6 Å². The molecule has 3 heterocycles. The maximum Gasteiger partial charge on any atom is 0.251 e. The summed E-state index contributed by atoms with van der Waals surface area (Å²) in [6.45, 7) is 5.72. The summed E-state index contributed by atoms with van der Waals surface area (Å²) in [5.41, 5.74) is 7.58. The van der Waals surface area contributed by atoms with Crippen molar-refractivity contribution >= 4 is 28.1 Å². The number of carbonyl (C=O) groups excluding carboxylic acids is 1. The van der Waals surface area contributed by atoms with Crippen molar-refractivity contribution in [3.8, 4) is 10.4 Å². The predicted octanol–water partition coefficient (Wildman–Crippen LogP) is 4.36. The van der Waals surface area contributed by atoms with Crippen molar-refractivity contribution in [3.05, 3.63) is 64.9 Å². The SMILES string of the molecule is CC1OCCC1NOCc1cccc(Nc2sc(-c3c(F)cc(C(C)(C)O)cc3F)cc2C(N)=O)n1. The van der Waals surface area contributed by atoms with E-state index < -0.39 is 23.1 Å². The maximum atomic E-state index is 14.9. The number of benzene rings is 1. The molecule has 1 amide bonds. The lowest BCUT2D eigenvalue weighted by atomic mass is 9.96. The molecule has 192 valence electrons. The smallest absolute Gasteiger partial charge is 0.251 e. The van der Waals surface area contributed by atoms with Crippen LogP contribution < -0.4 is 16.5 Å². The Labute approximate surface area is 211 Å². The van der Waals surface area contributed by atoms with Gasteiger partial charge in [-0.15, -0.1) is 11.3 Å². The van der Waals surface area contributed by atoms with Crippen LogP contribution in [0.4, 0.5) is 19.6 Å². The maximum absolute atomic E-state index is 14.9. The van der Waals surface area contributed by atoms with Crippen LogP contribution in [0.3, 0.4) is 0 Å². The molecule has 3 aromatic rings. The highest BCUT2D eigenvalue weighted by Crippen LogP contribution is 2.40. The summed E-state index contributed by atoms with van der Waals surface area (Å²) in [6, 6.07) is 8.83. The van der Waals surface area contributed by atoms with Crippen molar-refractivity contribution in [2.45, 2.75) is 51.5 Å². The highest BCUT2D eigenvalue weighted by atomic mass is 32.1. The molecule has 5 N–H and O–H groups in total. The number of anilines is 2. The Morgan fingerprint density at radius 3 is 2.64 bits per heavy atom. The molecule has 1 saturated heterocycles. The first kappa shape index (κ1) is 26.1. The van der Waals surface area contributed by atoms with Crippen molar-refractivity contribution in [1.82, 2.24) is 10.5 Å². The topological polar surface area (TPSA) is 119 Å². The first-order chi connectivity index (χ1) is 17.0. The van der Waals surface area contributed by atoms with Gasteiger partial charge >= 0.3 is 0 Å². The van der Waals surface area contributed by atoms with Crippen molar-refractivity contribution in [2.75, 3.05) is 11.9 Å². The summed E-state index contributed by atoms with van der Waals surface area (Å²) < 4.78 is 35.3. The molecule has 4 rings (SSSR count). The van der Waals surface area contributed by atoms with Gasteiger partial charge in [-0.3, -0.25) is 9.63 Å². The fraction of sp³-hybridized carbons (Fsp3) is 0.360. The van der Waals surface area contributed by atoms with Crippen LogP contribution in [0, 0.1) is 11.6 Å². The van der Waals surface area contributed by atoms with Gasteiger partial charge < -0.3 is 20.9 Å². The Balaban J connectivity index is 1.54. The summed E-state index contributed by atoms with van der Waals surface area (Å²) in [5.74, 6) is -2.07. The number of primary amides is 1. The van der Waals surface area contributed by atoms with E-state index in [1.54, 1.807) is 18.2 Å². The van der Waals surface area contributed by atoms with Gasteiger partial charge in [-0.05, 0) is 63.1 Å². The minimum Gasteiger partial charge on any atom is -0.386 e. The van der Waals surface area contributed by atoms with Crippen LogP contribution in [0.1, 0.15) is 48.8 Å². The van der Waals surface area contributed by atoms with Crippen molar-refractivity contribution < 1.29 is 28.3 Å². The summed E-state index contributed by atoms with van der Waals surface area (Å²) >= 11 is 0.966. The lowest BCUT2D eigenvalue weighted by molar-refractivity contribution is -0.0153. The third-order valence-electron chi connectivity index (χ3n) is 5.87. The predicted molar refractivity (Wildman–Crippen MR) is 133 cm³/mol.